The zero-order chi connectivity index (χ0) is 14.5. The summed E-state index contributed by atoms with van der Waals surface area (Å²) >= 11 is 1.58. The van der Waals surface area contributed by atoms with Crippen LogP contribution in [0.4, 0.5) is 5.69 Å². The number of aryl methyl sites for hydroxylation is 3. The Morgan fingerprint density at radius 2 is 1.80 bits per heavy atom. The van der Waals surface area contributed by atoms with Gasteiger partial charge in [0.25, 0.3) is 0 Å². The minimum absolute atomic E-state index is 0.0292. The summed E-state index contributed by atoms with van der Waals surface area (Å²) in [5.41, 5.74) is 4.43. The van der Waals surface area contributed by atoms with Gasteiger partial charge in [-0.2, -0.15) is 0 Å². The second kappa shape index (κ2) is 6.62. The Balaban J connectivity index is 1.94. The first-order valence-electron chi connectivity index (χ1n) is 6.61. The van der Waals surface area contributed by atoms with Crippen LogP contribution in [0.3, 0.4) is 0 Å². The van der Waals surface area contributed by atoms with Crippen molar-refractivity contribution in [1.29, 1.82) is 0 Å². The smallest absolute Gasteiger partial charge is 0.234 e. The SMILES string of the molecule is Cc1cccc(NC(=O)CSc2cc(C)ccc2C)c1. The highest BCUT2D eigenvalue weighted by molar-refractivity contribution is 8.00. The maximum atomic E-state index is 12.0. The van der Waals surface area contributed by atoms with E-state index in [0.29, 0.717) is 5.75 Å². The summed E-state index contributed by atoms with van der Waals surface area (Å²) < 4.78 is 0. The van der Waals surface area contributed by atoms with Crippen LogP contribution >= 0.6 is 11.8 Å². The van der Waals surface area contributed by atoms with Gasteiger partial charge in [0.2, 0.25) is 5.91 Å². The largest absolute Gasteiger partial charge is 0.325 e. The Labute approximate surface area is 124 Å². The van der Waals surface area contributed by atoms with Gasteiger partial charge in [0, 0.05) is 10.6 Å². The summed E-state index contributed by atoms with van der Waals surface area (Å²) in [6, 6.07) is 14.2. The molecule has 2 nitrogen and oxygen atoms in total. The predicted molar refractivity (Wildman–Crippen MR) is 86.4 cm³/mol. The molecule has 2 aromatic rings. The van der Waals surface area contributed by atoms with Crippen molar-refractivity contribution in [2.45, 2.75) is 25.7 Å². The molecule has 0 heterocycles. The lowest BCUT2D eigenvalue weighted by Gasteiger charge is -2.08. The molecule has 0 atom stereocenters. The molecule has 0 saturated heterocycles. The van der Waals surface area contributed by atoms with Crippen molar-refractivity contribution in [3.63, 3.8) is 0 Å². The number of rotatable bonds is 4. The molecule has 20 heavy (non-hydrogen) atoms. The van der Waals surface area contributed by atoms with Gasteiger partial charge in [-0.25, -0.2) is 0 Å². The fraction of sp³-hybridized carbons (Fsp3) is 0.235. The molecule has 0 unspecified atom stereocenters. The highest BCUT2D eigenvalue weighted by Gasteiger charge is 2.06. The van der Waals surface area contributed by atoms with Crippen molar-refractivity contribution < 1.29 is 4.79 Å². The average Bonchev–Trinajstić information content (AvgIpc) is 2.40. The normalized spacial score (nSPS) is 10.3. The second-order valence-electron chi connectivity index (χ2n) is 4.98. The zero-order valence-electron chi connectivity index (χ0n) is 12.1. The molecule has 0 aliphatic rings. The number of carbonyl (C=O) groups excluding carboxylic acids is 1. The van der Waals surface area contributed by atoms with Crippen LogP contribution in [0.5, 0.6) is 0 Å². The molecule has 1 N–H and O–H groups in total. The third-order valence-corrected chi connectivity index (χ3v) is 4.16. The van der Waals surface area contributed by atoms with E-state index in [-0.39, 0.29) is 5.91 Å². The maximum absolute atomic E-state index is 12.0. The lowest BCUT2D eigenvalue weighted by atomic mass is 10.2. The molecular weight excluding hydrogens is 266 g/mol. The Morgan fingerprint density at radius 3 is 2.55 bits per heavy atom. The molecule has 0 radical (unpaired) electrons. The van der Waals surface area contributed by atoms with E-state index in [1.807, 2.05) is 31.2 Å². The Kier molecular flexibility index (Phi) is 4.85. The van der Waals surface area contributed by atoms with Crippen LogP contribution < -0.4 is 5.32 Å². The monoisotopic (exact) mass is 285 g/mol. The summed E-state index contributed by atoms with van der Waals surface area (Å²) in [5.74, 6) is 0.458. The first-order chi connectivity index (χ1) is 9.54. The van der Waals surface area contributed by atoms with Crippen molar-refractivity contribution in [1.82, 2.24) is 0 Å². The molecular formula is C17H19NOS. The average molecular weight is 285 g/mol. The highest BCUT2D eigenvalue weighted by Crippen LogP contribution is 2.23. The minimum Gasteiger partial charge on any atom is -0.325 e. The third-order valence-electron chi connectivity index (χ3n) is 3.00. The zero-order valence-corrected chi connectivity index (χ0v) is 12.9. The predicted octanol–water partition coefficient (Wildman–Crippen LogP) is 4.34. The minimum atomic E-state index is 0.0292. The summed E-state index contributed by atoms with van der Waals surface area (Å²) in [4.78, 5) is 13.1. The Morgan fingerprint density at radius 1 is 1.05 bits per heavy atom. The number of hydrogen-bond acceptors (Lipinski definition) is 2. The van der Waals surface area contributed by atoms with Gasteiger partial charge in [0.1, 0.15) is 0 Å². The molecule has 3 heteroatoms. The number of carbonyl (C=O) groups is 1. The molecule has 104 valence electrons. The van der Waals surface area contributed by atoms with Crippen molar-refractivity contribution >= 4 is 23.4 Å². The summed E-state index contributed by atoms with van der Waals surface area (Å²) in [7, 11) is 0. The first-order valence-corrected chi connectivity index (χ1v) is 7.60. The molecule has 0 spiro atoms. The lowest BCUT2D eigenvalue weighted by molar-refractivity contribution is -0.113. The van der Waals surface area contributed by atoms with Gasteiger partial charge in [-0.3, -0.25) is 4.79 Å². The molecule has 0 saturated carbocycles. The summed E-state index contributed by atoms with van der Waals surface area (Å²) in [6.07, 6.45) is 0. The van der Waals surface area contributed by atoms with E-state index in [1.165, 1.54) is 16.0 Å². The van der Waals surface area contributed by atoms with Gasteiger partial charge in [-0.15, -0.1) is 11.8 Å². The van der Waals surface area contributed by atoms with Crippen molar-refractivity contribution in [2.75, 3.05) is 11.1 Å². The van der Waals surface area contributed by atoms with Gasteiger partial charge >= 0.3 is 0 Å². The maximum Gasteiger partial charge on any atom is 0.234 e. The van der Waals surface area contributed by atoms with Gasteiger partial charge < -0.3 is 5.32 Å². The van der Waals surface area contributed by atoms with Crippen LogP contribution in [0, 0.1) is 20.8 Å². The van der Waals surface area contributed by atoms with Crippen LogP contribution in [0.1, 0.15) is 16.7 Å². The molecule has 0 aromatic heterocycles. The van der Waals surface area contributed by atoms with Gasteiger partial charge in [-0.05, 0) is 50.1 Å². The van der Waals surface area contributed by atoms with Gasteiger partial charge in [0.05, 0.1) is 5.75 Å². The van der Waals surface area contributed by atoms with E-state index in [4.69, 9.17) is 0 Å². The van der Waals surface area contributed by atoms with Crippen molar-refractivity contribution in [2.24, 2.45) is 0 Å². The Bertz CT molecular complexity index is 622. The quantitative estimate of drug-likeness (QED) is 0.847. The number of hydrogen-bond donors (Lipinski definition) is 1. The lowest BCUT2D eigenvalue weighted by Crippen LogP contribution is -2.14. The van der Waals surface area contributed by atoms with E-state index in [9.17, 15) is 4.79 Å². The van der Waals surface area contributed by atoms with Crippen LogP contribution in [0.2, 0.25) is 0 Å². The summed E-state index contributed by atoms with van der Waals surface area (Å²) in [6.45, 7) is 6.15. The second-order valence-corrected chi connectivity index (χ2v) is 5.99. The number of thioether (sulfide) groups is 1. The van der Waals surface area contributed by atoms with Crippen LogP contribution in [-0.2, 0) is 4.79 Å². The highest BCUT2D eigenvalue weighted by atomic mass is 32.2. The van der Waals surface area contributed by atoms with Crippen LogP contribution in [0.15, 0.2) is 47.4 Å². The van der Waals surface area contributed by atoms with E-state index in [2.05, 4.69) is 37.4 Å². The third kappa shape index (κ3) is 4.14. The van der Waals surface area contributed by atoms with E-state index >= 15 is 0 Å². The first kappa shape index (κ1) is 14.7. The number of benzene rings is 2. The Hall–Kier alpha value is -1.74. The molecule has 0 fully saturated rings. The molecule has 0 aliphatic carbocycles. The number of amides is 1. The van der Waals surface area contributed by atoms with Crippen molar-refractivity contribution in [3.8, 4) is 0 Å². The number of nitrogens with one attached hydrogen (secondary N) is 1. The fourth-order valence-electron chi connectivity index (χ4n) is 1.93. The van der Waals surface area contributed by atoms with Crippen LogP contribution in [0.25, 0.3) is 0 Å². The van der Waals surface area contributed by atoms with E-state index in [1.54, 1.807) is 11.8 Å². The van der Waals surface area contributed by atoms with Gasteiger partial charge in [0.15, 0.2) is 0 Å². The summed E-state index contributed by atoms with van der Waals surface area (Å²) in [5, 5.41) is 2.93. The van der Waals surface area contributed by atoms with Gasteiger partial charge in [-0.1, -0.05) is 29.8 Å². The molecule has 2 aromatic carbocycles. The molecule has 0 aliphatic heterocycles. The van der Waals surface area contributed by atoms with Crippen LogP contribution in [-0.4, -0.2) is 11.7 Å². The van der Waals surface area contributed by atoms with E-state index in [0.717, 1.165) is 11.3 Å². The molecule has 0 bridgehead atoms. The fourth-order valence-corrected chi connectivity index (χ4v) is 2.85. The molecule has 2 rings (SSSR count). The van der Waals surface area contributed by atoms with Crippen molar-refractivity contribution in [3.05, 3.63) is 59.2 Å². The molecule has 1 amide bonds. The topological polar surface area (TPSA) is 29.1 Å². The standard InChI is InChI=1S/C17H19NOS/c1-12-5-4-6-15(9-12)18-17(19)11-20-16-10-13(2)7-8-14(16)3/h4-10H,11H2,1-3H3,(H,18,19). The number of anilines is 1. The van der Waals surface area contributed by atoms with E-state index < -0.39 is 0 Å².